The number of rotatable bonds is 8. The number of anilines is 2. The SMILES string of the molecule is NCCCC[C@@H]1[C@@H](Nc2nccc(N3CCCCCC3)n2)CCN1C1CCCCC1. The van der Waals surface area contributed by atoms with E-state index in [2.05, 4.69) is 26.2 Å². The normalized spacial score (nSPS) is 26.6. The monoisotopic (exact) mass is 414 g/mol. The van der Waals surface area contributed by atoms with Gasteiger partial charge in [0, 0.05) is 44.0 Å². The highest BCUT2D eigenvalue weighted by atomic mass is 15.3. The third kappa shape index (κ3) is 5.64. The Labute approximate surface area is 183 Å². The minimum absolute atomic E-state index is 0.448. The quantitative estimate of drug-likeness (QED) is 0.622. The van der Waals surface area contributed by atoms with Gasteiger partial charge in [0.25, 0.3) is 0 Å². The van der Waals surface area contributed by atoms with E-state index in [-0.39, 0.29) is 0 Å². The summed E-state index contributed by atoms with van der Waals surface area (Å²) in [6, 6.07) is 3.89. The van der Waals surface area contributed by atoms with E-state index in [4.69, 9.17) is 10.7 Å². The van der Waals surface area contributed by atoms with Crippen LogP contribution in [0.3, 0.4) is 0 Å². The minimum Gasteiger partial charge on any atom is -0.356 e. The first-order valence-electron chi connectivity index (χ1n) is 12.7. The molecular formula is C24H42N6. The predicted octanol–water partition coefficient (Wildman–Crippen LogP) is 4.17. The lowest BCUT2D eigenvalue weighted by atomic mass is 9.92. The van der Waals surface area contributed by atoms with Crippen LogP contribution < -0.4 is 16.0 Å². The number of aromatic nitrogens is 2. The molecule has 0 bridgehead atoms. The number of hydrogen-bond donors (Lipinski definition) is 2. The molecule has 2 aliphatic heterocycles. The molecule has 1 aliphatic carbocycles. The lowest BCUT2D eigenvalue weighted by Gasteiger charge is -2.37. The van der Waals surface area contributed by atoms with Crippen molar-refractivity contribution in [2.24, 2.45) is 5.73 Å². The first-order valence-corrected chi connectivity index (χ1v) is 12.7. The Morgan fingerprint density at radius 2 is 1.70 bits per heavy atom. The molecule has 3 aliphatic rings. The summed E-state index contributed by atoms with van der Waals surface area (Å²) in [5, 5.41) is 3.76. The number of nitrogens with one attached hydrogen (secondary N) is 1. The van der Waals surface area contributed by atoms with Crippen LogP contribution in [-0.4, -0.2) is 59.2 Å². The van der Waals surface area contributed by atoms with Crippen molar-refractivity contribution in [2.75, 3.05) is 36.4 Å². The zero-order valence-electron chi connectivity index (χ0n) is 18.8. The van der Waals surface area contributed by atoms with E-state index in [1.165, 1.54) is 83.6 Å². The maximum atomic E-state index is 5.79. The first-order chi connectivity index (χ1) is 14.8. The average molecular weight is 415 g/mol. The van der Waals surface area contributed by atoms with Crippen LogP contribution in [0.1, 0.15) is 83.5 Å². The van der Waals surface area contributed by atoms with Crippen molar-refractivity contribution in [2.45, 2.75) is 102 Å². The highest BCUT2D eigenvalue weighted by molar-refractivity contribution is 5.43. The molecule has 6 heteroatoms. The summed E-state index contributed by atoms with van der Waals surface area (Å²) in [4.78, 5) is 14.8. The van der Waals surface area contributed by atoms with Crippen molar-refractivity contribution < 1.29 is 0 Å². The molecule has 0 spiro atoms. The van der Waals surface area contributed by atoms with Gasteiger partial charge in [-0.25, -0.2) is 4.98 Å². The van der Waals surface area contributed by atoms with Gasteiger partial charge in [-0.15, -0.1) is 0 Å². The van der Waals surface area contributed by atoms with E-state index in [1.54, 1.807) is 0 Å². The molecule has 6 nitrogen and oxygen atoms in total. The summed E-state index contributed by atoms with van der Waals surface area (Å²) in [6.07, 6.45) is 18.9. The minimum atomic E-state index is 0.448. The molecule has 1 aromatic heterocycles. The van der Waals surface area contributed by atoms with E-state index in [0.717, 1.165) is 43.9 Å². The predicted molar refractivity (Wildman–Crippen MR) is 125 cm³/mol. The molecule has 3 fully saturated rings. The second-order valence-corrected chi connectivity index (χ2v) is 9.56. The second kappa shape index (κ2) is 11.3. The van der Waals surface area contributed by atoms with E-state index in [9.17, 15) is 0 Å². The van der Waals surface area contributed by atoms with Crippen LogP contribution in [0.25, 0.3) is 0 Å². The Balaban J connectivity index is 1.43. The molecule has 0 amide bonds. The number of nitrogens with zero attached hydrogens (tertiary/aromatic N) is 4. The zero-order chi connectivity index (χ0) is 20.6. The van der Waals surface area contributed by atoms with Gasteiger partial charge >= 0.3 is 0 Å². The number of unbranched alkanes of at least 4 members (excludes halogenated alkanes) is 1. The Hall–Kier alpha value is -1.40. The summed E-state index contributed by atoms with van der Waals surface area (Å²) in [6.45, 7) is 4.25. The van der Waals surface area contributed by atoms with Gasteiger partial charge in [-0.3, -0.25) is 4.90 Å². The Morgan fingerprint density at radius 1 is 0.933 bits per heavy atom. The molecule has 0 unspecified atom stereocenters. The maximum absolute atomic E-state index is 5.79. The molecule has 3 N–H and O–H groups in total. The molecule has 4 rings (SSSR count). The largest absolute Gasteiger partial charge is 0.356 e. The molecule has 2 atom stereocenters. The van der Waals surface area contributed by atoms with Gasteiger partial charge in [-0.2, -0.15) is 4.98 Å². The van der Waals surface area contributed by atoms with Crippen LogP contribution in [-0.2, 0) is 0 Å². The van der Waals surface area contributed by atoms with Crippen molar-refractivity contribution >= 4 is 11.8 Å². The summed E-state index contributed by atoms with van der Waals surface area (Å²) in [7, 11) is 0. The number of likely N-dealkylation sites (tertiary alicyclic amines) is 1. The fraction of sp³-hybridized carbons (Fsp3) is 0.833. The third-order valence-electron chi connectivity index (χ3n) is 7.47. The van der Waals surface area contributed by atoms with E-state index >= 15 is 0 Å². The zero-order valence-corrected chi connectivity index (χ0v) is 18.8. The Morgan fingerprint density at radius 3 is 2.47 bits per heavy atom. The van der Waals surface area contributed by atoms with Crippen LogP contribution in [0, 0.1) is 0 Å². The van der Waals surface area contributed by atoms with Gasteiger partial charge in [0.2, 0.25) is 5.95 Å². The standard InChI is InChI=1S/C24H42N6/c25-15-7-6-12-22-21(14-19-30(22)20-10-4-3-5-11-20)27-24-26-16-13-23(28-24)29-17-8-1-2-9-18-29/h13,16,20-22H,1-12,14-15,17-19,25H2,(H,26,27,28)/t21-,22+/m0/s1. The fourth-order valence-corrected chi connectivity index (χ4v) is 5.84. The topological polar surface area (TPSA) is 70.3 Å². The average Bonchev–Trinajstić information content (AvgIpc) is 2.99. The number of nitrogens with two attached hydrogens (primary N) is 1. The summed E-state index contributed by atoms with van der Waals surface area (Å²) in [5.41, 5.74) is 5.79. The van der Waals surface area contributed by atoms with Gasteiger partial charge < -0.3 is 16.0 Å². The smallest absolute Gasteiger partial charge is 0.224 e. The fourth-order valence-electron chi connectivity index (χ4n) is 5.84. The molecule has 0 aromatic carbocycles. The summed E-state index contributed by atoms with van der Waals surface area (Å²) >= 11 is 0. The lowest BCUT2D eigenvalue weighted by Crippen LogP contribution is -2.45. The van der Waals surface area contributed by atoms with Crippen LogP contribution in [0.5, 0.6) is 0 Å². The van der Waals surface area contributed by atoms with Crippen LogP contribution in [0.2, 0.25) is 0 Å². The molecule has 168 valence electrons. The van der Waals surface area contributed by atoms with Crippen molar-refractivity contribution in [1.82, 2.24) is 14.9 Å². The Kier molecular flexibility index (Phi) is 8.21. The van der Waals surface area contributed by atoms with E-state index in [1.807, 2.05) is 6.20 Å². The maximum Gasteiger partial charge on any atom is 0.224 e. The van der Waals surface area contributed by atoms with Crippen LogP contribution >= 0.6 is 0 Å². The van der Waals surface area contributed by atoms with Crippen molar-refractivity contribution in [3.63, 3.8) is 0 Å². The highest BCUT2D eigenvalue weighted by Crippen LogP contribution is 2.32. The third-order valence-corrected chi connectivity index (χ3v) is 7.47. The van der Waals surface area contributed by atoms with Crippen molar-refractivity contribution in [3.8, 4) is 0 Å². The Bertz CT molecular complexity index is 624. The molecular weight excluding hydrogens is 372 g/mol. The van der Waals surface area contributed by atoms with Gasteiger partial charge in [0.05, 0.1) is 0 Å². The molecule has 3 heterocycles. The van der Waals surface area contributed by atoms with Gasteiger partial charge in [-0.1, -0.05) is 38.5 Å². The van der Waals surface area contributed by atoms with Gasteiger partial charge in [0.1, 0.15) is 5.82 Å². The van der Waals surface area contributed by atoms with Crippen molar-refractivity contribution in [3.05, 3.63) is 12.3 Å². The molecule has 0 radical (unpaired) electrons. The molecule has 1 aromatic rings. The van der Waals surface area contributed by atoms with Crippen LogP contribution in [0.15, 0.2) is 12.3 Å². The first kappa shape index (κ1) is 21.8. The van der Waals surface area contributed by atoms with Crippen molar-refractivity contribution in [1.29, 1.82) is 0 Å². The van der Waals surface area contributed by atoms with Crippen LogP contribution in [0.4, 0.5) is 11.8 Å². The van der Waals surface area contributed by atoms with E-state index < -0.39 is 0 Å². The van der Waals surface area contributed by atoms with Gasteiger partial charge in [0.15, 0.2) is 0 Å². The van der Waals surface area contributed by atoms with Gasteiger partial charge in [-0.05, 0) is 57.6 Å². The lowest BCUT2D eigenvalue weighted by molar-refractivity contribution is 0.132. The molecule has 1 saturated carbocycles. The summed E-state index contributed by atoms with van der Waals surface area (Å²) < 4.78 is 0. The molecule has 30 heavy (non-hydrogen) atoms. The molecule has 2 saturated heterocycles. The summed E-state index contributed by atoms with van der Waals surface area (Å²) in [5.74, 6) is 1.91. The van der Waals surface area contributed by atoms with E-state index in [0.29, 0.717) is 12.1 Å². The number of hydrogen-bond acceptors (Lipinski definition) is 6. The second-order valence-electron chi connectivity index (χ2n) is 9.56. The highest BCUT2D eigenvalue weighted by Gasteiger charge is 2.38.